The van der Waals surface area contributed by atoms with Crippen LogP contribution < -0.4 is 15.4 Å². The van der Waals surface area contributed by atoms with Crippen LogP contribution in [0, 0.1) is 11.8 Å². The maximum absolute atomic E-state index is 12.4. The largest absolute Gasteiger partial charge is 0.497 e. The Morgan fingerprint density at radius 3 is 2.53 bits per heavy atom. The second kappa shape index (κ2) is 6.52. The molecule has 0 aromatic heterocycles. The Hall–Kier alpha value is -1.62. The van der Waals surface area contributed by atoms with E-state index in [4.69, 9.17) is 22.7 Å². The first-order valence-electron chi connectivity index (χ1n) is 6.09. The van der Waals surface area contributed by atoms with Crippen molar-refractivity contribution in [3.05, 3.63) is 24.3 Å². The molecule has 0 radical (unpaired) electrons. The van der Waals surface area contributed by atoms with E-state index in [2.05, 4.69) is 0 Å². The maximum Gasteiger partial charge on any atom is 0.236 e. The predicted molar refractivity (Wildman–Crippen MR) is 81.5 cm³/mol. The van der Waals surface area contributed by atoms with Crippen molar-refractivity contribution in [2.45, 2.75) is 13.8 Å². The average molecular weight is 280 g/mol. The van der Waals surface area contributed by atoms with Gasteiger partial charge in [0.05, 0.1) is 18.0 Å². The summed E-state index contributed by atoms with van der Waals surface area (Å²) in [5.74, 6) is 0.216. The summed E-state index contributed by atoms with van der Waals surface area (Å²) in [5.41, 5.74) is 6.43. The SMILES string of the molecule is COc1cccc(N(C)C(=O)C(C(N)=S)C(C)C)c1. The second-order valence-corrected chi connectivity index (χ2v) is 5.19. The van der Waals surface area contributed by atoms with Crippen molar-refractivity contribution in [1.29, 1.82) is 0 Å². The van der Waals surface area contributed by atoms with E-state index in [-0.39, 0.29) is 16.8 Å². The van der Waals surface area contributed by atoms with Gasteiger partial charge in [-0.05, 0) is 18.1 Å². The van der Waals surface area contributed by atoms with Crippen LogP contribution in [0.1, 0.15) is 13.8 Å². The summed E-state index contributed by atoms with van der Waals surface area (Å²) in [6, 6.07) is 7.31. The number of ether oxygens (including phenoxy) is 1. The molecule has 4 nitrogen and oxygen atoms in total. The fourth-order valence-electron chi connectivity index (χ4n) is 1.89. The summed E-state index contributed by atoms with van der Waals surface area (Å²) in [5, 5.41) is 0. The van der Waals surface area contributed by atoms with Gasteiger partial charge in [-0.15, -0.1) is 0 Å². The molecule has 0 saturated heterocycles. The number of hydrogen-bond donors (Lipinski definition) is 1. The van der Waals surface area contributed by atoms with Crippen LogP contribution >= 0.6 is 12.2 Å². The minimum atomic E-state index is -0.453. The number of thiocarbonyl (C=S) groups is 1. The first-order chi connectivity index (χ1) is 8.88. The van der Waals surface area contributed by atoms with Crippen molar-refractivity contribution < 1.29 is 9.53 Å². The third-order valence-corrected chi connectivity index (χ3v) is 3.26. The highest BCUT2D eigenvalue weighted by molar-refractivity contribution is 7.80. The molecule has 0 aliphatic rings. The predicted octanol–water partition coefficient (Wildman–Crippen LogP) is 2.22. The number of anilines is 1. The molecule has 1 atom stereocenters. The van der Waals surface area contributed by atoms with Gasteiger partial charge in [-0.2, -0.15) is 0 Å². The van der Waals surface area contributed by atoms with Gasteiger partial charge in [-0.3, -0.25) is 4.79 Å². The molecule has 1 aromatic rings. The lowest BCUT2D eigenvalue weighted by Gasteiger charge is -2.25. The summed E-state index contributed by atoms with van der Waals surface area (Å²) < 4.78 is 5.15. The van der Waals surface area contributed by atoms with Crippen LogP contribution in [0.25, 0.3) is 0 Å². The van der Waals surface area contributed by atoms with Crippen molar-refractivity contribution in [3.63, 3.8) is 0 Å². The molecule has 0 fully saturated rings. The van der Waals surface area contributed by atoms with Crippen molar-refractivity contribution in [2.24, 2.45) is 17.6 Å². The molecule has 0 saturated carbocycles. The van der Waals surface area contributed by atoms with Crippen LogP contribution in [-0.4, -0.2) is 25.1 Å². The Labute approximate surface area is 119 Å². The zero-order chi connectivity index (χ0) is 14.6. The zero-order valence-corrected chi connectivity index (χ0v) is 12.5. The first kappa shape index (κ1) is 15.4. The van der Waals surface area contributed by atoms with Gasteiger partial charge in [0, 0.05) is 18.8 Å². The van der Waals surface area contributed by atoms with E-state index in [9.17, 15) is 4.79 Å². The highest BCUT2D eigenvalue weighted by Gasteiger charge is 2.28. The molecule has 0 aliphatic carbocycles. The minimum absolute atomic E-state index is 0.0676. The summed E-state index contributed by atoms with van der Waals surface area (Å²) in [7, 11) is 3.30. The van der Waals surface area contributed by atoms with Crippen LogP contribution in [0.15, 0.2) is 24.3 Å². The second-order valence-electron chi connectivity index (χ2n) is 4.72. The minimum Gasteiger partial charge on any atom is -0.497 e. The summed E-state index contributed by atoms with van der Waals surface area (Å²) in [6.45, 7) is 3.86. The maximum atomic E-state index is 12.4. The van der Waals surface area contributed by atoms with E-state index >= 15 is 0 Å². The summed E-state index contributed by atoms with van der Waals surface area (Å²) in [4.78, 5) is 14.2. The Balaban J connectivity index is 3.00. The lowest BCUT2D eigenvalue weighted by atomic mass is 9.94. The number of nitrogens with two attached hydrogens (primary N) is 1. The topological polar surface area (TPSA) is 55.6 Å². The quantitative estimate of drug-likeness (QED) is 0.840. The molecule has 1 rings (SSSR count). The van der Waals surface area contributed by atoms with Gasteiger partial charge in [0.25, 0.3) is 0 Å². The molecule has 5 heteroatoms. The van der Waals surface area contributed by atoms with Gasteiger partial charge in [0.2, 0.25) is 5.91 Å². The fourth-order valence-corrected chi connectivity index (χ4v) is 2.26. The van der Waals surface area contributed by atoms with Crippen LogP contribution in [0.3, 0.4) is 0 Å². The van der Waals surface area contributed by atoms with Crippen LogP contribution in [-0.2, 0) is 4.79 Å². The van der Waals surface area contributed by atoms with Crippen molar-refractivity contribution in [1.82, 2.24) is 0 Å². The van der Waals surface area contributed by atoms with E-state index in [1.54, 1.807) is 25.1 Å². The molecule has 0 aliphatic heterocycles. The van der Waals surface area contributed by atoms with Gasteiger partial charge >= 0.3 is 0 Å². The molecule has 0 spiro atoms. The Bertz CT molecular complexity index is 474. The number of methoxy groups -OCH3 is 1. The number of carbonyl (C=O) groups is 1. The monoisotopic (exact) mass is 280 g/mol. The van der Waals surface area contributed by atoms with Crippen LogP contribution in [0.2, 0.25) is 0 Å². The first-order valence-corrected chi connectivity index (χ1v) is 6.50. The summed E-state index contributed by atoms with van der Waals surface area (Å²) >= 11 is 4.99. The molecule has 104 valence electrons. The number of amides is 1. The Kier molecular flexibility index (Phi) is 5.30. The molecular formula is C14H20N2O2S. The molecule has 1 amide bonds. The van der Waals surface area contributed by atoms with Crippen LogP contribution in [0.5, 0.6) is 5.75 Å². The number of benzene rings is 1. The number of carbonyl (C=O) groups excluding carboxylic acids is 1. The lowest BCUT2D eigenvalue weighted by Crippen LogP contribution is -2.41. The van der Waals surface area contributed by atoms with E-state index in [0.717, 1.165) is 5.69 Å². The third kappa shape index (κ3) is 3.67. The molecule has 0 bridgehead atoms. The number of hydrogen-bond acceptors (Lipinski definition) is 3. The fraction of sp³-hybridized carbons (Fsp3) is 0.429. The average Bonchev–Trinajstić information content (AvgIpc) is 2.37. The summed E-state index contributed by atoms with van der Waals surface area (Å²) in [6.07, 6.45) is 0. The van der Waals surface area contributed by atoms with Gasteiger partial charge < -0.3 is 15.4 Å². The molecule has 1 aromatic carbocycles. The van der Waals surface area contributed by atoms with Gasteiger partial charge in [0.1, 0.15) is 5.75 Å². The number of rotatable bonds is 5. The van der Waals surface area contributed by atoms with E-state index in [1.807, 2.05) is 32.0 Å². The lowest BCUT2D eigenvalue weighted by molar-refractivity contribution is -0.121. The van der Waals surface area contributed by atoms with E-state index in [0.29, 0.717) is 5.75 Å². The number of nitrogens with zero attached hydrogens (tertiary/aromatic N) is 1. The van der Waals surface area contributed by atoms with Gasteiger partial charge in [0.15, 0.2) is 0 Å². The van der Waals surface area contributed by atoms with Crippen molar-refractivity contribution >= 4 is 28.8 Å². The molecule has 19 heavy (non-hydrogen) atoms. The standard InChI is InChI=1S/C14H20N2O2S/c1-9(2)12(13(15)19)14(17)16(3)10-6-5-7-11(8-10)18-4/h5-9,12H,1-4H3,(H2,15,19). The third-order valence-electron chi connectivity index (χ3n) is 3.01. The highest BCUT2D eigenvalue weighted by Crippen LogP contribution is 2.23. The van der Waals surface area contributed by atoms with Crippen molar-refractivity contribution in [3.8, 4) is 5.75 Å². The van der Waals surface area contributed by atoms with Crippen molar-refractivity contribution in [2.75, 3.05) is 19.1 Å². The highest BCUT2D eigenvalue weighted by atomic mass is 32.1. The van der Waals surface area contributed by atoms with E-state index in [1.165, 1.54) is 0 Å². The van der Waals surface area contributed by atoms with Gasteiger partial charge in [-0.1, -0.05) is 32.1 Å². The molecule has 2 N–H and O–H groups in total. The Morgan fingerprint density at radius 2 is 2.05 bits per heavy atom. The Morgan fingerprint density at radius 1 is 1.42 bits per heavy atom. The normalized spacial score (nSPS) is 12.1. The molecular weight excluding hydrogens is 260 g/mol. The molecule has 1 unspecified atom stereocenters. The van der Waals surface area contributed by atoms with Crippen LogP contribution in [0.4, 0.5) is 5.69 Å². The van der Waals surface area contributed by atoms with Gasteiger partial charge in [-0.25, -0.2) is 0 Å². The zero-order valence-electron chi connectivity index (χ0n) is 11.7. The van der Waals surface area contributed by atoms with E-state index < -0.39 is 5.92 Å². The molecule has 0 heterocycles. The smallest absolute Gasteiger partial charge is 0.236 e.